The fourth-order valence-corrected chi connectivity index (χ4v) is 13.1. The quantitative estimate of drug-likeness (QED) is 0.0401. The average molecular weight is 1070 g/mol. The molecule has 0 radical (unpaired) electrons. The molecule has 2 aromatic heterocycles. The van der Waals surface area contributed by atoms with E-state index in [4.69, 9.17) is 28.4 Å². The number of benzene rings is 3. The van der Waals surface area contributed by atoms with Crippen molar-refractivity contribution < 1.29 is 64.8 Å². The molecule has 21 heteroatoms. The Morgan fingerprint density at radius 2 is 1.75 bits per heavy atom. The minimum atomic E-state index is -4.60. The van der Waals surface area contributed by atoms with Crippen molar-refractivity contribution in [3.05, 3.63) is 105 Å². The smallest absolute Gasteiger partial charge is 0.407 e. The summed E-state index contributed by atoms with van der Waals surface area (Å²) in [5.41, 5.74) is 6.20. The molecule has 2 saturated heterocycles. The Kier molecular flexibility index (Phi) is 17.2. The Balaban J connectivity index is 0.900. The highest BCUT2D eigenvalue weighted by atomic mass is 32.2. The number of amides is 2. The number of ether oxygens (including phenoxy) is 6. The van der Waals surface area contributed by atoms with Gasteiger partial charge in [-0.3, -0.25) is 4.79 Å². The van der Waals surface area contributed by atoms with Gasteiger partial charge < -0.3 is 39.1 Å². The van der Waals surface area contributed by atoms with Crippen molar-refractivity contribution in [2.45, 2.75) is 115 Å². The number of nitrogens with one attached hydrogen (secondary N) is 2. The Labute approximate surface area is 431 Å². The van der Waals surface area contributed by atoms with Crippen LogP contribution in [-0.2, 0) is 69.0 Å². The molecule has 2 N–H and O–H groups in total. The van der Waals surface area contributed by atoms with Crippen LogP contribution in [0.1, 0.15) is 85.3 Å². The third-order valence-corrected chi connectivity index (χ3v) is 17.3. The molecule has 2 aliphatic heterocycles. The monoisotopic (exact) mass is 1070 g/mol. The van der Waals surface area contributed by atoms with E-state index in [-0.39, 0.29) is 49.1 Å². The van der Waals surface area contributed by atoms with Gasteiger partial charge in [0.15, 0.2) is 0 Å². The van der Waals surface area contributed by atoms with Crippen molar-refractivity contribution in [2.75, 3.05) is 39.5 Å². The van der Waals surface area contributed by atoms with E-state index >= 15 is 0 Å². The van der Waals surface area contributed by atoms with Gasteiger partial charge in [0.25, 0.3) is 6.43 Å². The van der Waals surface area contributed by atoms with E-state index in [1.54, 1.807) is 41.7 Å². The van der Waals surface area contributed by atoms with Crippen LogP contribution in [0.2, 0.25) is 0 Å². The number of carbonyl (C=O) groups is 4. The maximum absolute atomic E-state index is 14.2. The van der Waals surface area contributed by atoms with E-state index in [2.05, 4.69) is 36.4 Å². The Morgan fingerprint density at radius 3 is 2.49 bits per heavy atom. The summed E-state index contributed by atoms with van der Waals surface area (Å²) in [5, 5.41) is 5.48. The van der Waals surface area contributed by atoms with Crippen LogP contribution in [0.25, 0.3) is 20.7 Å². The van der Waals surface area contributed by atoms with E-state index in [0.717, 1.165) is 60.6 Å². The molecule has 0 saturated carbocycles. The summed E-state index contributed by atoms with van der Waals surface area (Å²) >= 11 is 2.82. The van der Waals surface area contributed by atoms with Gasteiger partial charge in [-0.2, -0.15) is 4.31 Å². The number of rotatable bonds is 21. The number of halogens is 2. The number of hydrogen-bond acceptors (Lipinski definition) is 15. The van der Waals surface area contributed by atoms with Gasteiger partial charge >= 0.3 is 24.1 Å². The van der Waals surface area contributed by atoms with E-state index < -0.39 is 77.6 Å². The Morgan fingerprint density at radius 1 is 0.973 bits per heavy atom. The zero-order valence-corrected chi connectivity index (χ0v) is 43.5. The number of fused-ring (bicyclic) bond motifs is 3. The summed E-state index contributed by atoms with van der Waals surface area (Å²) < 4.78 is 92.4. The Hall–Kier alpha value is -5.58. The molecule has 4 heterocycles. The molecule has 5 aromatic rings. The van der Waals surface area contributed by atoms with E-state index in [9.17, 15) is 36.4 Å². The first-order valence-electron chi connectivity index (χ1n) is 24.3. The summed E-state index contributed by atoms with van der Waals surface area (Å²) in [7, 11) is -4.60. The highest BCUT2D eigenvalue weighted by Crippen LogP contribution is 2.46. The normalized spacial score (nSPS) is 20.0. The Bertz CT molecular complexity index is 2860. The summed E-state index contributed by atoms with van der Waals surface area (Å²) in [6.07, 6.45) is -2.36. The van der Waals surface area contributed by atoms with Gasteiger partial charge in [-0.05, 0) is 84.4 Å². The summed E-state index contributed by atoms with van der Waals surface area (Å²) in [6.45, 7) is 5.89. The van der Waals surface area contributed by atoms with Gasteiger partial charge in [0.1, 0.15) is 18.8 Å². The average Bonchev–Trinajstić information content (AvgIpc) is 4.16. The predicted molar refractivity (Wildman–Crippen MR) is 269 cm³/mol. The molecular weight excluding hydrogens is 1010 g/mol. The lowest BCUT2D eigenvalue weighted by Crippen LogP contribution is -2.53. The number of thiazole rings is 1. The van der Waals surface area contributed by atoms with Crippen molar-refractivity contribution >= 4 is 67.0 Å². The van der Waals surface area contributed by atoms with Crippen LogP contribution in [0.15, 0.2) is 83.2 Å². The largest absolute Gasteiger partial charge is 0.462 e. The highest BCUT2D eigenvalue weighted by Gasteiger charge is 2.57. The van der Waals surface area contributed by atoms with Crippen molar-refractivity contribution in [1.82, 2.24) is 19.9 Å². The first-order chi connectivity index (χ1) is 34.9. The topological polar surface area (TPSA) is 198 Å². The molecule has 3 aromatic carbocycles. The SMILES string of the molecule is CCCCOC(=O)c1c(-c2ccc(CNC(=O)OC[C@]34OCC[C@H]3[C@@H](OC(=O)N[C@@H](Cc3ccccc3)[C@@H](CN(CC(F)F)S(=O)(=O)c3ccc5ncsc5c3)OC(C)=O)CO4)cc2)sc2c1CC(C)(C)CC2. The van der Waals surface area contributed by atoms with Crippen LogP contribution in [0, 0.1) is 11.3 Å². The molecule has 0 bridgehead atoms. The standard InChI is InChI=1S/C52H60F2N4O12S3/c1-5-6-21-65-48(60)46-37-25-51(3,4)20-18-43(37)72-47(46)35-14-12-34(13-15-35)26-55-49(61)66-30-52-38(19-22-67-52)42(29-68-52)70-50(62)57-40(23-33-10-8-7-9-11-33)41(69-32(2)59)27-58(28-45(53)54)73(63,64)36-16-17-39-44(24-36)71-31-56-39/h7-17,24,31,38,40-42,45H,5-6,18-23,25-30H2,1-4H3,(H,55,61)(H,57,62)/t38-,40-,41+,42-,52+/m0/s1. The van der Waals surface area contributed by atoms with Gasteiger partial charge in [0, 0.05) is 23.2 Å². The number of alkyl halides is 2. The highest BCUT2D eigenvalue weighted by molar-refractivity contribution is 7.89. The molecule has 73 heavy (non-hydrogen) atoms. The number of sulfonamides is 1. The molecule has 2 amide bonds. The van der Waals surface area contributed by atoms with Crippen LogP contribution in [-0.4, -0.2) is 112 Å². The molecule has 0 spiro atoms. The lowest BCUT2D eigenvalue weighted by Gasteiger charge is -2.32. The second kappa shape index (κ2) is 23.3. The van der Waals surface area contributed by atoms with Crippen LogP contribution in [0.5, 0.6) is 0 Å². The zero-order valence-electron chi connectivity index (χ0n) is 41.1. The van der Waals surface area contributed by atoms with Gasteiger partial charge in [-0.25, -0.2) is 36.6 Å². The number of aryl methyl sites for hydroxylation is 1. The van der Waals surface area contributed by atoms with Crippen LogP contribution in [0.4, 0.5) is 18.4 Å². The van der Waals surface area contributed by atoms with Gasteiger partial charge in [-0.15, -0.1) is 22.7 Å². The summed E-state index contributed by atoms with van der Waals surface area (Å²) in [4.78, 5) is 59.1. The van der Waals surface area contributed by atoms with Gasteiger partial charge in [0.05, 0.1) is 71.1 Å². The van der Waals surface area contributed by atoms with Gasteiger partial charge in [-0.1, -0.05) is 81.8 Å². The molecule has 16 nitrogen and oxygen atoms in total. The first-order valence-corrected chi connectivity index (χ1v) is 27.5. The molecule has 2 fully saturated rings. The van der Waals surface area contributed by atoms with Crippen molar-refractivity contribution in [1.29, 1.82) is 0 Å². The number of carbonyl (C=O) groups excluding carboxylic acids is 4. The van der Waals surface area contributed by atoms with Crippen LogP contribution >= 0.6 is 22.7 Å². The second-order valence-electron chi connectivity index (χ2n) is 19.3. The third-order valence-electron chi connectivity index (χ3n) is 13.3. The van der Waals surface area contributed by atoms with E-state index in [1.807, 2.05) is 24.3 Å². The maximum atomic E-state index is 14.2. The molecule has 5 atom stereocenters. The molecule has 3 aliphatic rings. The van der Waals surface area contributed by atoms with Crippen molar-refractivity contribution in [3.63, 3.8) is 0 Å². The van der Waals surface area contributed by atoms with Crippen LogP contribution < -0.4 is 10.6 Å². The van der Waals surface area contributed by atoms with Crippen LogP contribution in [0.3, 0.4) is 0 Å². The predicted octanol–water partition coefficient (Wildman–Crippen LogP) is 9.08. The summed E-state index contributed by atoms with van der Waals surface area (Å²) in [5.74, 6) is -3.13. The minimum absolute atomic E-state index is 0.0144. The fourth-order valence-electron chi connectivity index (χ4n) is 9.53. The molecule has 1 aliphatic carbocycles. The van der Waals surface area contributed by atoms with Crippen molar-refractivity contribution in [2.24, 2.45) is 11.3 Å². The number of alkyl carbamates (subject to hydrolysis) is 2. The van der Waals surface area contributed by atoms with E-state index in [1.165, 1.54) is 39.9 Å². The van der Waals surface area contributed by atoms with Gasteiger partial charge in [0.2, 0.25) is 15.8 Å². The molecular formula is C52H60F2N4O12S3. The molecule has 0 unspecified atom stereocenters. The number of nitrogens with zero attached hydrogens (tertiary/aromatic N) is 2. The number of thiophene rings is 1. The number of esters is 2. The first kappa shape index (κ1) is 53.7. The van der Waals surface area contributed by atoms with E-state index in [0.29, 0.717) is 38.7 Å². The van der Waals surface area contributed by atoms with Crippen molar-refractivity contribution in [3.8, 4) is 10.4 Å². The lowest BCUT2D eigenvalue weighted by atomic mass is 9.76. The molecule has 8 rings (SSSR count). The number of aromatic nitrogens is 1. The number of hydrogen-bond donors (Lipinski definition) is 2. The number of unbranched alkanes of at least 4 members (excludes halogenated alkanes) is 1. The maximum Gasteiger partial charge on any atom is 0.407 e. The second-order valence-corrected chi connectivity index (χ2v) is 23.2. The lowest BCUT2D eigenvalue weighted by molar-refractivity contribution is -0.216. The fraction of sp³-hybridized carbons (Fsp3) is 0.481. The third kappa shape index (κ3) is 13.0. The molecule has 392 valence electrons. The summed E-state index contributed by atoms with van der Waals surface area (Å²) in [6, 6.07) is 19.3. The minimum Gasteiger partial charge on any atom is -0.462 e. The zero-order chi connectivity index (χ0) is 51.9.